The highest BCUT2D eigenvalue weighted by atomic mass is 16.5. The molecule has 1 aliphatic heterocycles. The summed E-state index contributed by atoms with van der Waals surface area (Å²) in [6.45, 7) is 4.32. The van der Waals surface area contributed by atoms with Crippen molar-refractivity contribution in [1.82, 2.24) is 15.2 Å². The molecule has 3 aromatic rings. The number of hydrogen-bond donors (Lipinski definition) is 1. The molecule has 1 saturated carbocycles. The van der Waals surface area contributed by atoms with Crippen LogP contribution in [0.15, 0.2) is 54.6 Å². The maximum absolute atomic E-state index is 14.1. The Balaban J connectivity index is 1.53. The van der Waals surface area contributed by atoms with Crippen LogP contribution in [0, 0.1) is 11.8 Å². The molecule has 6 heteroatoms. The average molecular weight is 514 g/mol. The summed E-state index contributed by atoms with van der Waals surface area (Å²) in [5.74, 6) is 0.325. The van der Waals surface area contributed by atoms with E-state index in [0.717, 1.165) is 59.2 Å². The zero-order valence-electron chi connectivity index (χ0n) is 22.6. The van der Waals surface area contributed by atoms with Crippen molar-refractivity contribution in [1.29, 1.82) is 0 Å². The van der Waals surface area contributed by atoms with Crippen LogP contribution in [0.25, 0.3) is 22.2 Å². The number of nitrogens with zero attached hydrogens (tertiary/aromatic N) is 2. The molecule has 1 saturated heterocycles. The standard InChI is InChI=1S/C32H39N3O3/c1-22(23-11-5-3-6-12-23)33-31(36)29-26-15-9-10-16-28(26)34-30(24-13-7-4-8-14-24)27(29)21-35-19-17-25(18-20-35)32(37)38-2/h4,7-10,13-16,22-23,25H,3,5-6,11-12,17-21H2,1-2H3,(H,33,36)/t22-/m0/s1. The molecule has 0 radical (unpaired) electrons. The Labute approximate surface area is 225 Å². The lowest BCUT2D eigenvalue weighted by Crippen LogP contribution is -2.40. The fraction of sp³-hybridized carbons (Fsp3) is 0.469. The summed E-state index contributed by atoms with van der Waals surface area (Å²) in [4.78, 5) is 33.7. The molecule has 2 aromatic carbocycles. The maximum Gasteiger partial charge on any atom is 0.308 e. The van der Waals surface area contributed by atoms with Gasteiger partial charge in [-0.1, -0.05) is 67.8 Å². The van der Waals surface area contributed by atoms with Crippen LogP contribution < -0.4 is 5.32 Å². The molecule has 2 fully saturated rings. The topological polar surface area (TPSA) is 71.5 Å². The first kappa shape index (κ1) is 26.4. The normalized spacial score (nSPS) is 18.3. The number of benzene rings is 2. The molecule has 38 heavy (non-hydrogen) atoms. The van der Waals surface area contributed by atoms with Crippen molar-refractivity contribution < 1.29 is 14.3 Å². The first-order valence-corrected chi connectivity index (χ1v) is 14.1. The highest BCUT2D eigenvalue weighted by molar-refractivity contribution is 6.09. The molecule has 2 aliphatic rings. The maximum atomic E-state index is 14.1. The monoisotopic (exact) mass is 513 g/mol. The number of fused-ring (bicyclic) bond motifs is 1. The van der Waals surface area contributed by atoms with Crippen LogP contribution >= 0.6 is 0 Å². The van der Waals surface area contributed by atoms with Crippen LogP contribution in [0.2, 0.25) is 0 Å². The van der Waals surface area contributed by atoms with Crippen LogP contribution in [-0.2, 0) is 16.1 Å². The van der Waals surface area contributed by atoms with E-state index in [4.69, 9.17) is 9.72 Å². The first-order chi connectivity index (χ1) is 18.5. The number of esters is 1. The van der Waals surface area contributed by atoms with Gasteiger partial charge >= 0.3 is 5.97 Å². The zero-order valence-corrected chi connectivity index (χ0v) is 22.6. The molecular formula is C32H39N3O3. The Kier molecular flexibility index (Phi) is 8.38. The summed E-state index contributed by atoms with van der Waals surface area (Å²) in [5.41, 5.74) is 4.38. The second kappa shape index (κ2) is 12.1. The van der Waals surface area contributed by atoms with Gasteiger partial charge in [0.1, 0.15) is 0 Å². The number of aromatic nitrogens is 1. The Morgan fingerprint density at radius 2 is 1.66 bits per heavy atom. The minimum absolute atomic E-state index is 0.0155. The van der Waals surface area contributed by atoms with E-state index in [2.05, 4.69) is 29.3 Å². The van der Waals surface area contributed by atoms with E-state index in [1.807, 2.05) is 42.5 Å². The van der Waals surface area contributed by atoms with Crippen molar-refractivity contribution in [3.63, 3.8) is 0 Å². The van der Waals surface area contributed by atoms with Crippen molar-refractivity contribution in [2.24, 2.45) is 11.8 Å². The fourth-order valence-electron chi connectivity index (χ4n) is 6.25. The number of ether oxygens (including phenoxy) is 1. The molecule has 0 bridgehead atoms. The zero-order chi connectivity index (χ0) is 26.5. The molecule has 1 amide bonds. The van der Waals surface area contributed by atoms with Gasteiger partial charge in [-0.15, -0.1) is 0 Å². The van der Waals surface area contributed by atoms with Gasteiger partial charge < -0.3 is 10.1 Å². The third kappa shape index (κ3) is 5.75. The minimum atomic E-state index is -0.126. The van der Waals surface area contributed by atoms with Gasteiger partial charge in [-0.3, -0.25) is 14.5 Å². The van der Waals surface area contributed by atoms with Gasteiger partial charge in [0.15, 0.2) is 0 Å². The van der Waals surface area contributed by atoms with E-state index in [-0.39, 0.29) is 23.8 Å². The number of methoxy groups -OCH3 is 1. The Morgan fingerprint density at radius 1 is 0.974 bits per heavy atom. The third-order valence-electron chi connectivity index (χ3n) is 8.49. The molecule has 0 spiro atoms. The molecule has 5 rings (SSSR count). The van der Waals surface area contributed by atoms with Gasteiger partial charge in [0, 0.05) is 29.1 Å². The van der Waals surface area contributed by atoms with Crippen molar-refractivity contribution >= 4 is 22.8 Å². The number of para-hydroxylation sites is 1. The number of likely N-dealkylation sites (tertiary alicyclic amines) is 1. The van der Waals surface area contributed by atoms with Crippen molar-refractivity contribution in [2.45, 2.75) is 64.5 Å². The number of rotatable bonds is 7. The highest BCUT2D eigenvalue weighted by Gasteiger charge is 2.30. The number of carbonyl (C=O) groups excluding carboxylic acids is 2. The minimum Gasteiger partial charge on any atom is -0.469 e. The van der Waals surface area contributed by atoms with Crippen LogP contribution in [0.5, 0.6) is 0 Å². The van der Waals surface area contributed by atoms with E-state index < -0.39 is 0 Å². The smallest absolute Gasteiger partial charge is 0.308 e. The molecule has 1 aromatic heterocycles. The second-order valence-corrected chi connectivity index (χ2v) is 10.9. The summed E-state index contributed by atoms with van der Waals surface area (Å²) in [6.07, 6.45) is 7.65. The summed E-state index contributed by atoms with van der Waals surface area (Å²) in [6, 6.07) is 18.3. The predicted molar refractivity (Wildman–Crippen MR) is 151 cm³/mol. The van der Waals surface area contributed by atoms with E-state index in [1.165, 1.54) is 39.2 Å². The average Bonchev–Trinajstić information content (AvgIpc) is 2.97. The van der Waals surface area contributed by atoms with Crippen LogP contribution in [0.1, 0.15) is 67.8 Å². The molecule has 2 heterocycles. The molecule has 200 valence electrons. The molecule has 1 N–H and O–H groups in total. The molecule has 1 aliphatic carbocycles. The van der Waals surface area contributed by atoms with Crippen molar-refractivity contribution in [3.05, 3.63) is 65.7 Å². The van der Waals surface area contributed by atoms with E-state index in [9.17, 15) is 9.59 Å². The van der Waals surface area contributed by atoms with Crippen LogP contribution in [-0.4, -0.2) is 48.0 Å². The summed E-state index contributed by atoms with van der Waals surface area (Å²) >= 11 is 0. The van der Waals surface area contributed by atoms with E-state index in [0.29, 0.717) is 12.5 Å². The lowest BCUT2D eigenvalue weighted by atomic mass is 9.84. The lowest BCUT2D eigenvalue weighted by molar-refractivity contribution is -0.147. The summed E-state index contributed by atoms with van der Waals surface area (Å²) in [5, 5.41) is 4.29. The number of carbonyl (C=O) groups is 2. The fourth-order valence-corrected chi connectivity index (χ4v) is 6.25. The Bertz CT molecular complexity index is 1260. The van der Waals surface area contributed by atoms with Gasteiger partial charge in [0.2, 0.25) is 0 Å². The first-order valence-electron chi connectivity index (χ1n) is 14.1. The summed E-state index contributed by atoms with van der Waals surface area (Å²) < 4.78 is 4.99. The molecule has 6 nitrogen and oxygen atoms in total. The second-order valence-electron chi connectivity index (χ2n) is 10.9. The van der Waals surface area contributed by atoms with Gasteiger partial charge in [-0.2, -0.15) is 0 Å². The quantitative estimate of drug-likeness (QED) is 0.393. The van der Waals surface area contributed by atoms with E-state index in [1.54, 1.807) is 0 Å². The molecule has 1 atom stereocenters. The molecular weight excluding hydrogens is 474 g/mol. The van der Waals surface area contributed by atoms with Crippen LogP contribution in [0.4, 0.5) is 0 Å². The van der Waals surface area contributed by atoms with Gasteiger partial charge in [-0.25, -0.2) is 4.98 Å². The van der Waals surface area contributed by atoms with Gasteiger partial charge in [0.25, 0.3) is 5.91 Å². The number of amides is 1. The SMILES string of the molecule is COC(=O)C1CCN(Cc2c(-c3ccccc3)nc3ccccc3c2C(=O)N[C@@H](C)C2CCCCC2)CC1. The summed E-state index contributed by atoms with van der Waals surface area (Å²) in [7, 11) is 1.46. The number of piperidine rings is 1. The number of nitrogens with one attached hydrogen (secondary N) is 1. The Morgan fingerprint density at radius 3 is 2.37 bits per heavy atom. The highest BCUT2D eigenvalue weighted by Crippen LogP contribution is 2.33. The predicted octanol–water partition coefficient (Wildman–Crippen LogP) is 5.99. The Hall–Kier alpha value is -3.25. The largest absolute Gasteiger partial charge is 0.469 e. The van der Waals surface area contributed by atoms with Gasteiger partial charge in [-0.05, 0) is 57.7 Å². The van der Waals surface area contributed by atoms with E-state index >= 15 is 0 Å². The van der Waals surface area contributed by atoms with Crippen LogP contribution in [0.3, 0.4) is 0 Å². The van der Waals surface area contributed by atoms with Crippen molar-refractivity contribution in [2.75, 3.05) is 20.2 Å². The molecule has 0 unspecified atom stereocenters. The van der Waals surface area contributed by atoms with Gasteiger partial charge in [0.05, 0.1) is 29.8 Å². The van der Waals surface area contributed by atoms with Crippen molar-refractivity contribution in [3.8, 4) is 11.3 Å². The number of hydrogen-bond acceptors (Lipinski definition) is 5. The third-order valence-corrected chi connectivity index (χ3v) is 8.49. The number of pyridine rings is 1. The lowest BCUT2D eigenvalue weighted by Gasteiger charge is -2.32.